The molecule has 0 saturated heterocycles. The van der Waals surface area contributed by atoms with E-state index in [0.717, 1.165) is 0 Å². The van der Waals surface area contributed by atoms with Crippen LogP contribution < -0.4 is 4.74 Å². The van der Waals surface area contributed by atoms with Gasteiger partial charge < -0.3 is 9.84 Å². The van der Waals surface area contributed by atoms with Gasteiger partial charge in [-0.2, -0.15) is 5.26 Å². The standard InChI is InChI=1S/C14H17N5O2S/c1-10(2)19-14(16-17-18-19)22-9-12(20)8-21-13-5-3-11(7-15)4-6-13/h3-6,10,12,20H,8-9H2,1-2H3. The monoisotopic (exact) mass is 319 g/mol. The molecule has 0 aliphatic carbocycles. The van der Waals surface area contributed by atoms with Gasteiger partial charge in [-0.25, -0.2) is 4.68 Å². The van der Waals surface area contributed by atoms with E-state index >= 15 is 0 Å². The Hall–Kier alpha value is -2.11. The van der Waals surface area contributed by atoms with Crippen molar-refractivity contribution in [3.8, 4) is 11.8 Å². The second-order valence-electron chi connectivity index (χ2n) is 4.91. The summed E-state index contributed by atoms with van der Waals surface area (Å²) in [6.45, 7) is 4.15. The summed E-state index contributed by atoms with van der Waals surface area (Å²) in [6, 6.07) is 8.97. The molecule has 22 heavy (non-hydrogen) atoms. The van der Waals surface area contributed by atoms with Gasteiger partial charge in [0.15, 0.2) is 0 Å². The van der Waals surface area contributed by atoms with Gasteiger partial charge in [0.2, 0.25) is 5.16 Å². The number of aromatic nitrogens is 4. The first kappa shape index (κ1) is 16.3. The SMILES string of the molecule is CC(C)n1nnnc1SCC(O)COc1ccc(C#N)cc1. The number of nitrogens with zero attached hydrogens (tertiary/aromatic N) is 5. The molecule has 2 rings (SSSR count). The number of benzene rings is 1. The van der Waals surface area contributed by atoms with E-state index in [4.69, 9.17) is 10.00 Å². The van der Waals surface area contributed by atoms with E-state index in [1.54, 1.807) is 28.9 Å². The highest BCUT2D eigenvalue weighted by atomic mass is 32.2. The second kappa shape index (κ2) is 7.77. The molecular formula is C14H17N5O2S. The molecule has 1 heterocycles. The minimum absolute atomic E-state index is 0.169. The maximum absolute atomic E-state index is 9.96. The van der Waals surface area contributed by atoms with E-state index < -0.39 is 6.10 Å². The van der Waals surface area contributed by atoms with Crippen LogP contribution in [0.15, 0.2) is 29.4 Å². The van der Waals surface area contributed by atoms with Crippen LogP contribution in [0.3, 0.4) is 0 Å². The molecule has 1 atom stereocenters. The van der Waals surface area contributed by atoms with Gasteiger partial charge in [-0.1, -0.05) is 11.8 Å². The molecule has 0 aliphatic rings. The minimum atomic E-state index is -0.641. The summed E-state index contributed by atoms with van der Waals surface area (Å²) >= 11 is 1.39. The number of hydrogen-bond donors (Lipinski definition) is 1. The Bertz CT molecular complexity index is 635. The Labute approximate surface area is 132 Å². The van der Waals surface area contributed by atoms with Gasteiger partial charge in [0.05, 0.1) is 23.8 Å². The molecule has 0 bridgehead atoms. The van der Waals surface area contributed by atoms with Crippen LogP contribution in [-0.2, 0) is 0 Å². The van der Waals surface area contributed by atoms with Crippen LogP contribution in [0, 0.1) is 11.3 Å². The molecule has 8 heteroatoms. The molecular weight excluding hydrogens is 302 g/mol. The number of thioether (sulfide) groups is 1. The molecule has 0 saturated carbocycles. The fraction of sp³-hybridized carbons (Fsp3) is 0.429. The first-order valence-electron chi connectivity index (χ1n) is 6.82. The van der Waals surface area contributed by atoms with Crippen LogP contribution in [0.4, 0.5) is 0 Å². The maximum atomic E-state index is 9.96. The molecule has 0 spiro atoms. The average molecular weight is 319 g/mol. The largest absolute Gasteiger partial charge is 0.491 e. The summed E-state index contributed by atoms with van der Waals surface area (Å²) in [7, 11) is 0. The van der Waals surface area contributed by atoms with Crippen LogP contribution in [-0.4, -0.2) is 43.8 Å². The zero-order valence-electron chi connectivity index (χ0n) is 12.4. The Morgan fingerprint density at radius 2 is 2.09 bits per heavy atom. The van der Waals surface area contributed by atoms with Gasteiger partial charge in [0, 0.05) is 5.75 Å². The third kappa shape index (κ3) is 4.44. The highest BCUT2D eigenvalue weighted by molar-refractivity contribution is 7.99. The molecule has 7 nitrogen and oxygen atoms in total. The van der Waals surface area contributed by atoms with Gasteiger partial charge >= 0.3 is 0 Å². The number of hydrogen-bond acceptors (Lipinski definition) is 7. The van der Waals surface area contributed by atoms with Crippen molar-refractivity contribution < 1.29 is 9.84 Å². The van der Waals surface area contributed by atoms with Crippen LogP contribution in [0.5, 0.6) is 5.75 Å². The topological polar surface area (TPSA) is 96.8 Å². The van der Waals surface area contributed by atoms with E-state index in [1.165, 1.54) is 11.8 Å². The van der Waals surface area contributed by atoms with Gasteiger partial charge in [-0.05, 0) is 48.5 Å². The van der Waals surface area contributed by atoms with Crippen molar-refractivity contribution in [3.05, 3.63) is 29.8 Å². The number of nitriles is 1. The van der Waals surface area contributed by atoms with Crippen LogP contribution >= 0.6 is 11.8 Å². The summed E-state index contributed by atoms with van der Waals surface area (Å²) in [6.07, 6.45) is -0.641. The van der Waals surface area contributed by atoms with Crippen molar-refractivity contribution in [2.45, 2.75) is 31.1 Å². The molecule has 1 unspecified atom stereocenters. The maximum Gasteiger partial charge on any atom is 0.209 e. The van der Waals surface area contributed by atoms with Crippen molar-refractivity contribution in [2.75, 3.05) is 12.4 Å². The fourth-order valence-corrected chi connectivity index (χ4v) is 2.55. The van der Waals surface area contributed by atoms with Crippen LogP contribution in [0.1, 0.15) is 25.5 Å². The van der Waals surface area contributed by atoms with E-state index in [9.17, 15) is 5.11 Å². The predicted molar refractivity (Wildman–Crippen MR) is 81.6 cm³/mol. The lowest BCUT2D eigenvalue weighted by Gasteiger charge is -2.12. The summed E-state index contributed by atoms with van der Waals surface area (Å²) in [5.41, 5.74) is 0.573. The third-order valence-corrected chi connectivity index (χ3v) is 3.86. The van der Waals surface area contributed by atoms with Crippen molar-refractivity contribution in [1.29, 1.82) is 5.26 Å². The lowest BCUT2D eigenvalue weighted by Crippen LogP contribution is -2.20. The van der Waals surface area contributed by atoms with Crippen LogP contribution in [0.25, 0.3) is 0 Å². The minimum Gasteiger partial charge on any atom is -0.491 e. The summed E-state index contributed by atoms with van der Waals surface area (Å²) in [5, 5.41) is 30.8. The highest BCUT2D eigenvalue weighted by Gasteiger charge is 2.13. The van der Waals surface area contributed by atoms with Gasteiger partial charge in [0.25, 0.3) is 0 Å². The highest BCUT2D eigenvalue weighted by Crippen LogP contribution is 2.19. The lowest BCUT2D eigenvalue weighted by molar-refractivity contribution is 0.126. The van der Waals surface area contributed by atoms with Gasteiger partial charge in [-0.3, -0.25) is 0 Å². The molecule has 1 N–H and O–H groups in total. The Kier molecular flexibility index (Phi) is 5.75. The zero-order chi connectivity index (χ0) is 15.9. The predicted octanol–water partition coefficient (Wildman–Crippen LogP) is 1.66. The molecule has 116 valence electrons. The number of tetrazole rings is 1. The van der Waals surface area contributed by atoms with E-state index in [2.05, 4.69) is 15.5 Å². The number of aliphatic hydroxyl groups is 1. The van der Waals surface area contributed by atoms with E-state index in [-0.39, 0.29) is 12.6 Å². The fourth-order valence-electron chi connectivity index (χ4n) is 1.64. The summed E-state index contributed by atoms with van der Waals surface area (Å²) in [5.74, 6) is 1.05. The van der Waals surface area contributed by atoms with Crippen molar-refractivity contribution >= 4 is 11.8 Å². The summed E-state index contributed by atoms with van der Waals surface area (Å²) < 4.78 is 7.19. The summed E-state index contributed by atoms with van der Waals surface area (Å²) in [4.78, 5) is 0. The molecule has 0 radical (unpaired) electrons. The van der Waals surface area contributed by atoms with Crippen molar-refractivity contribution in [2.24, 2.45) is 0 Å². The smallest absolute Gasteiger partial charge is 0.209 e. The normalized spacial score (nSPS) is 12.1. The molecule has 1 aromatic heterocycles. The number of aliphatic hydroxyl groups excluding tert-OH is 1. The molecule has 0 aliphatic heterocycles. The first-order valence-corrected chi connectivity index (χ1v) is 7.80. The van der Waals surface area contributed by atoms with Gasteiger partial charge in [-0.15, -0.1) is 5.10 Å². The molecule has 1 aromatic carbocycles. The molecule has 0 amide bonds. The quantitative estimate of drug-likeness (QED) is 0.775. The first-order chi connectivity index (χ1) is 10.6. The number of ether oxygens (including phenoxy) is 1. The lowest BCUT2D eigenvalue weighted by atomic mass is 10.2. The van der Waals surface area contributed by atoms with Crippen molar-refractivity contribution in [1.82, 2.24) is 20.2 Å². The third-order valence-electron chi connectivity index (χ3n) is 2.78. The zero-order valence-corrected chi connectivity index (χ0v) is 13.2. The Morgan fingerprint density at radius 1 is 1.36 bits per heavy atom. The van der Waals surface area contributed by atoms with Crippen molar-refractivity contribution in [3.63, 3.8) is 0 Å². The van der Waals surface area contributed by atoms with Crippen LogP contribution in [0.2, 0.25) is 0 Å². The molecule has 0 fully saturated rings. The Morgan fingerprint density at radius 3 is 2.73 bits per heavy atom. The van der Waals surface area contributed by atoms with E-state index in [0.29, 0.717) is 22.2 Å². The second-order valence-corrected chi connectivity index (χ2v) is 5.90. The van der Waals surface area contributed by atoms with E-state index in [1.807, 2.05) is 19.9 Å². The Balaban J connectivity index is 1.79. The van der Waals surface area contributed by atoms with Gasteiger partial charge in [0.1, 0.15) is 12.4 Å². The average Bonchev–Trinajstić information content (AvgIpc) is 3.00. The molecule has 2 aromatic rings. The number of rotatable bonds is 7.